The molecule has 0 heterocycles. The topological polar surface area (TPSA) is 55.8 Å². The van der Waals surface area contributed by atoms with E-state index in [1.807, 2.05) is 73.1 Å². The van der Waals surface area contributed by atoms with E-state index in [0.717, 1.165) is 17.0 Å². The molecule has 5 nitrogen and oxygen atoms in total. The van der Waals surface area contributed by atoms with Gasteiger partial charge in [0.1, 0.15) is 17.3 Å². The molecule has 0 aliphatic carbocycles. The molecule has 1 rings (SSSR count). The molecule has 21 heavy (non-hydrogen) atoms. The monoisotopic (exact) mass is 404 g/mol. The Hall–Kier alpha value is -1.15. The number of nitrogens with zero attached hydrogens (tertiary/aromatic N) is 1. The quantitative estimate of drug-likeness (QED) is 0.378. The molecule has 6 heteroatoms. The Morgan fingerprint density at radius 2 is 2.05 bits per heavy atom. The van der Waals surface area contributed by atoms with E-state index < -0.39 is 12.1 Å². The normalized spacial score (nSPS) is 13.3. The Kier molecular flexibility index (Phi) is 8.29. The van der Waals surface area contributed by atoms with Crippen molar-refractivity contribution in [3.8, 4) is 0 Å². The van der Waals surface area contributed by atoms with Gasteiger partial charge in [0.2, 0.25) is 6.29 Å². The molecule has 0 aliphatic rings. The molecule has 0 N–H and O–H groups in total. The molecule has 0 saturated carbocycles. The Bertz CT molecular complexity index is 441. The minimum Gasteiger partial charge on any atom is -0.443 e. The number of hydroxylamine groups is 2. The molecule has 0 bridgehead atoms. The summed E-state index contributed by atoms with van der Waals surface area (Å²) in [5.41, 5.74) is 0.871. The maximum Gasteiger partial charge on any atom is 0.435 e. The number of hydrogen-bond donors (Lipinski definition) is 0. The van der Waals surface area contributed by atoms with Crippen molar-refractivity contribution in [2.24, 2.45) is 5.92 Å². The highest BCUT2D eigenvalue weighted by Crippen LogP contribution is 2.16. The van der Waals surface area contributed by atoms with Crippen LogP contribution in [0.1, 0.15) is 25.8 Å². The number of halogens is 1. The van der Waals surface area contributed by atoms with E-state index in [0.29, 0.717) is 0 Å². The van der Waals surface area contributed by atoms with Gasteiger partial charge in [0.15, 0.2) is 0 Å². The second-order valence-electron chi connectivity index (χ2n) is 4.55. The molecule has 0 saturated heterocycles. The summed E-state index contributed by atoms with van der Waals surface area (Å²) in [4.78, 5) is 28.5. The van der Waals surface area contributed by atoms with Crippen molar-refractivity contribution in [3.63, 3.8) is 0 Å². The largest absolute Gasteiger partial charge is 0.443 e. The summed E-state index contributed by atoms with van der Waals surface area (Å²) in [5.74, 6) is -0.0604. The summed E-state index contributed by atoms with van der Waals surface area (Å²) >= 11 is 1.96. The second kappa shape index (κ2) is 9.73. The zero-order chi connectivity index (χ0) is 15.7. The van der Waals surface area contributed by atoms with Gasteiger partial charge in [-0.3, -0.25) is 9.63 Å². The van der Waals surface area contributed by atoms with Gasteiger partial charge >= 0.3 is 6.09 Å². The first-order valence-corrected chi connectivity index (χ1v) is 8.23. The highest BCUT2D eigenvalue weighted by molar-refractivity contribution is 14.1. The fourth-order valence-corrected chi connectivity index (χ4v) is 2.00. The number of amides is 1. The fraction of sp³-hybridized carbons (Fsp3) is 0.467. The van der Waals surface area contributed by atoms with Crippen LogP contribution in [0.4, 0.5) is 4.79 Å². The molecule has 0 aliphatic heterocycles. The maximum absolute atomic E-state index is 12.1. The van der Waals surface area contributed by atoms with Gasteiger partial charge in [-0.25, -0.2) is 4.79 Å². The van der Waals surface area contributed by atoms with Gasteiger partial charge < -0.3 is 4.74 Å². The Morgan fingerprint density at radius 3 is 2.57 bits per heavy atom. The van der Waals surface area contributed by atoms with E-state index in [2.05, 4.69) is 0 Å². The van der Waals surface area contributed by atoms with Gasteiger partial charge in [0.25, 0.3) is 0 Å². The van der Waals surface area contributed by atoms with E-state index >= 15 is 0 Å². The molecule has 1 amide bonds. The fourth-order valence-electron chi connectivity index (χ4n) is 1.70. The predicted octanol–water partition coefficient (Wildman–Crippen LogP) is 3.47. The van der Waals surface area contributed by atoms with Crippen LogP contribution in [0.25, 0.3) is 0 Å². The summed E-state index contributed by atoms with van der Waals surface area (Å²) in [6.07, 6.45) is 1.92. The van der Waals surface area contributed by atoms with Crippen LogP contribution in [-0.4, -0.2) is 28.1 Å². The first-order chi connectivity index (χ1) is 10.1. The van der Waals surface area contributed by atoms with Crippen molar-refractivity contribution in [1.29, 1.82) is 0 Å². The van der Waals surface area contributed by atoms with Crippen LogP contribution in [0, 0.1) is 5.92 Å². The SMILES string of the molecule is CC[C@H](C)[C@@H]([C]=O)N(OCI)C(=O)OCc1ccccc1. The van der Waals surface area contributed by atoms with Gasteiger partial charge in [0, 0.05) is 0 Å². The molecular weight excluding hydrogens is 385 g/mol. The van der Waals surface area contributed by atoms with Crippen LogP contribution in [0.2, 0.25) is 0 Å². The van der Waals surface area contributed by atoms with Gasteiger partial charge in [-0.05, 0) is 11.5 Å². The first-order valence-electron chi connectivity index (χ1n) is 6.70. The summed E-state index contributed by atoms with van der Waals surface area (Å²) in [7, 11) is 0. The van der Waals surface area contributed by atoms with Crippen molar-refractivity contribution in [2.45, 2.75) is 32.9 Å². The lowest BCUT2D eigenvalue weighted by Gasteiger charge is -2.28. The molecule has 1 aromatic carbocycles. The number of carbonyl (C=O) groups is 1. The van der Waals surface area contributed by atoms with Crippen molar-refractivity contribution in [1.82, 2.24) is 5.06 Å². The summed E-state index contributed by atoms with van der Waals surface area (Å²) < 4.78 is 5.44. The van der Waals surface area contributed by atoms with Crippen molar-refractivity contribution >= 4 is 35.0 Å². The van der Waals surface area contributed by atoms with Crippen molar-refractivity contribution in [2.75, 3.05) is 4.61 Å². The van der Waals surface area contributed by atoms with Crippen molar-refractivity contribution < 1.29 is 19.2 Å². The van der Waals surface area contributed by atoms with Gasteiger partial charge in [-0.1, -0.05) is 73.2 Å². The molecule has 0 spiro atoms. The summed E-state index contributed by atoms with van der Waals surface area (Å²) in [6, 6.07) is 8.56. The van der Waals surface area contributed by atoms with E-state index in [1.165, 1.54) is 0 Å². The van der Waals surface area contributed by atoms with E-state index in [1.54, 1.807) is 0 Å². The lowest BCUT2D eigenvalue weighted by Crippen LogP contribution is -2.44. The molecule has 1 radical (unpaired) electrons. The maximum atomic E-state index is 12.1. The second-order valence-corrected chi connectivity index (χ2v) is 5.18. The molecule has 0 aromatic heterocycles. The zero-order valence-corrected chi connectivity index (χ0v) is 14.3. The van der Waals surface area contributed by atoms with Gasteiger partial charge in [0.05, 0.1) is 0 Å². The minimum absolute atomic E-state index is 0.0604. The molecule has 0 unspecified atom stereocenters. The van der Waals surface area contributed by atoms with Gasteiger partial charge in [-0.2, -0.15) is 5.06 Å². The predicted molar refractivity (Wildman–Crippen MR) is 87.4 cm³/mol. The third-order valence-corrected chi connectivity index (χ3v) is 3.41. The molecule has 115 valence electrons. The van der Waals surface area contributed by atoms with E-state index in [9.17, 15) is 9.59 Å². The summed E-state index contributed by atoms with van der Waals surface area (Å²) in [6.45, 7) is 3.93. The average molecular weight is 404 g/mol. The Balaban J connectivity index is 2.70. The minimum atomic E-state index is -0.770. The van der Waals surface area contributed by atoms with Crippen LogP contribution in [0.3, 0.4) is 0 Å². The van der Waals surface area contributed by atoms with Crippen LogP contribution in [0.15, 0.2) is 30.3 Å². The zero-order valence-electron chi connectivity index (χ0n) is 12.1. The smallest absolute Gasteiger partial charge is 0.435 e. The summed E-state index contributed by atoms with van der Waals surface area (Å²) in [5, 5.41) is 0.983. The van der Waals surface area contributed by atoms with E-state index in [4.69, 9.17) is 9.57 Å². The lowest BCUT2D eigenvalue weighted by molar-refractivity contribution is -0.136. The Morgan fingerprint density at radius 1 is 1.38 bits per heavy atom. The number of alkyl halides is 1. The van der Waals surface area contributed by atoms with Crippen LogP contribution >= 0.6 is 22.6 Å². The standard InChI is InChI=1S/C15H19INO4/c1-3-12(2)14(9-18)17(21-11-16)15(19)20-10-13-7-5-4-6-8-13/h4-8,12,14H,3,10-11H2,1-2H3/t12-,14+/m0/s1. The number of rotatable bonds is 8. The third-order valence-electron chi connectivity index (χ3n) is 3.13. The highest BCUT2D eigenvalue weighted by atomic mass is 127. The molecule has 2 atom stereocenters. The number of hydrogen-bond acceptors (Lipinski definition) is 4. The number of ether oxygens (including phenoxy) is 1. The molecular formula is C15H19INO4. The van der Waals surface area contributed by atoms with Crippen LogP contribution in [0.5, 0.6) is 0 Å². The first kappa shape index (κ1) is 17.9. The highest BCUT2D eigenvalue weighted by Gasteiger charge is 2.30. The molecule has 0 fully saturated rings. The third kappa shape index (κ3) is 5.62. The molecule has 1 aromatic rings. The number of carbonyl (C=O) groups excluding carboxylic acids is 2. The van der Waals surface area contributed by atoms with Crippen LogP contribution < -0.4 is 0 Å². The van der Waals surface area contributed by atoms with Crippen molar-refractivity contribution in [3.05, 3.63) is 35.9 Å². The Labute approximate surface area is 138 Å². The van der Waals surface area contributed by atoms with E-state index in [-0.39, 0.29) is 17.1 Å². The van der Waals surface area contributed by atoms with Crippen LogP contribution in [-0.2, 0) is 21.0 Å². The lowest BCUT2D eigenvalue weighted by atomic mass is 10.0. The van der Waals surface area contributed by atoms with Gasteiger partial charge in [-0.15, -0.1) is 0 Å². The average Bonchev–Trinajstić information content (AvgIpc) is 2.53. The number of benzene rings is 1.